The van der Waals surface area contributed by atoms with Gasteiger partial charge in [0, 0.05) is 38.9 Å². The molecule has 2 aliphatic heterocycles. The number of piperidine rings is 2. The molecule has 1 N–H and O–H groups in total. The Kier molecular flexibility index (Phi) is 7.22. The number of nitrogens with one attached hydrogen (secondary N) is 1. The number of carbonyl (C=O) groups is 1. The maximum absolute atomic E-state index is 12.5. The number of likely N-dealkylation sites (tertiary alicyclic amines) is 2. The van der Waals surface area contributed by atoms with Crippen molar-refractivity contribution < 1.29 is 9.53 Å². The van der Waals surface area contributed by atoms with Crippen molar-refractivity contribution in [3.8, 4) is 0 Å². The first-order chi connectivity index (χ1) is 14.2. The molecule has 1 aliphatic carbocycles. The Labute approximate surface area is 175 Å². The normalized spacial score (nSPS) is 24.5. The Morgan fingerprint density at radius 1 is 1.03 bits per heavy atom. The van der Waals surface area contributed by atoms with Gasteiger partial charge in [0.1, 0.15) is 0 Å². The van der Waals surface area contributed by atoms with Crippen molar-refractivity contribution >= 4 is 5.91 Å². The second-order valence-corrected chi connectivity index (χ2v) is 9.07. The first-order valence-electron chi connectivity index (χ1n) is 11.6. The van der Waals surface area contributed by atoms with Gasteiger partial charge in [-0.15, -0.1) is 0 Å². The van der Waals surface area contributed by atoms with Gasteiger partial charge in [-0.2, -0.15) is 0 Å². The monoisotopic (exact) mass is 399 g/mol. The van der Waals surface area contributed by atoms with Crippen LogP contribution in [-0.2, 0) is 22.4 Å². The first kappa shape index (κ1) is 20.8. The van der Waals surface area contributed by atoms with Crippen LogP contribution in [0.25, 0.3) is 0 Å². The van der Waals surface area contributed by atoms with Gasteiger partial charge >= 0.3 is 0 Å². The summed E-state index contributed by atoms with van der Waals surface area (Å²) in [6, 6.07) is 10.3. The van der Waals surface area contributed by atoms with Crippen LogP contribution in [0.15, 0.2) is 24.3 Å². The summed E-state index contributed by atoms with van der Waals surface area (Å²) in [5.74, 6) is 0.403. The van der Waals surface area contributed by atoms with Crippen LogP contribution in [0.4, 0.5) is 0 Å². The largest absolute Gasteiger partial charge is 0.385 e. The zero-order chi connectivity index (χ0) is 20.1. The second kappa shape index (κ2) is 10.1. The van der Waals surface area contributed by atoms with E-state index in [9.17, 15) is 4.79 Å². The number of hydrogen-bond acceptors (Lipinski definition) is 4. The number of fused-ring (bicyclic) bond motifs is 1. The fraction of sp³-hybridized carbons (Fsp3) is 0.708. The fourth-order valence-electron chi connectivity index (χ4n) is 5.53. The summed E-state index contributed by atoms with van der Waals surface area (Å²) >= 11 is 0. The molecule has 2 fully saturated rings. The lowest BCUT2D eigenvalue weighted by Crippen LogP contribution is -2.52. The molecule has 1 atom stereocenters. The molecule has 29 heavy (non-hydrogen) atoms. The molecular weight excluding hydrogens is 362 g/mol. The number of rotatable bonds is 7. The first-order valence-corrected chi connectivity index (χ1v) is 11.6. The van der Waals surface area contributed by atoms with Gasteiger partial charge in [0.15, 0.2) is 0 Å². The highest BCUT2D eigenvalue weighted by Gasteiger charge is 2.34. The van der Waals surface area contributed by atoms with E-state index < -0.39 is 0 Å². The van der Waals surface area contributed by atoms with Crippen LogP contribution in [0.2, 0.25) is 0 Å². The van der Waals surface area contributed by atoms with E-state index in [1.54, 1.807) is 18.2 Å². The van der Waals surface area contributed by atoms with Gasteiger partial charge < -0.3 is 10.1 Å². The third-order valence-electron chi connectivity index (χ3n) is 7.21. The van der Waals surface area contributed by atoms with Crippen LogP contribution in [0.3, 0.4) is 0 Å². The molecule has 3 aliphatic rings. The average molecular weight is 400 g/mol. The lowest BCUT2D eigenvalue weighted by atomic mass is 9.92. The third kappa shape index (κ3) is 5.19. The highest BCUT2D eigenvalue weighted by atomic mass is 16.5. The van der Waals surface area contributed by atoms with Crippen LogP contribution in [0, 0.1) is 5.92 Å². The van der Waals surface area contributed by atoms with Gasteiger partial charge in [0.05, 0.1) is 5.92 Å². The Hall–Kier alpha value is -1.43. The molecule has 1 aromatic carbocycles. The number of nitrogens with zero attached hydrogens (tertiary/aromatic N) is 2. The van der Waals surface area contributed by atoms with Crippen LogP contribution in [0.1, 0.15) is 43.2 Å². The van der Waals surface area contributed by atoms with Crippen LogP contribution >= 0.6 is 0 Å². The summed E-state index contributed by atoms with van der Waals surface area (Å²) in [5.41, 5.74) is 3.10. The molecule has 5 heteroatoms. The number of benzene rings is 1. The van der Waals surface area contributed by atoms with Crippen molar-refractivity contribution in [2.75, 3.05) is 46.4 Å². The lowest BCUT2D eigenvalue weighted by molar-refractivity contribution is -0.127. The smallest absolute Gasteiger partial charge is 0.224 e. The zero-order valence-corrected chi connectivity index (χ0v) is 17.9. The molecule has 0 saturated carbocycles. The minimum atomic E-state index is 0.161. The zero-order valence-electron chi connectivity index (χ0n) is 17.9. The van der Waals surface area contributed by atoms with Crippen molar-refractivity contribution in [3.05, 3.63) is 35.4 Å². The quantitative estimate of drug-likeness (QED) is 0.716. The van der Waals surface area contributed by atoms with E-state index in [0.29, 0.717) is 18.7 Å². The van der Waals surface area contributed by atoms with Crippen molar-refractivity contribution in [3.63, 3.8) is 0 Å². The van der Waals surface area contributed by atoms with E-state index in [1.165, 1.54) is 38.8 Å². The Morgan fingerprint density at radius 2 is 1.76 bits per heavy atom. The fourth-order valence-corrected chi connectivity index (χ4v) is 5.53. The number of hydrogen-bond donors (Lipinski definition) is 1. The minimum Gasteiger partial charge on any atom is -0.385 e. The summed E-state index contributed by atoms with van der Waals surface area (Å²) in [6.45, 7) is 5.94. The predicted octanol–water partition coefficient (Wildman–Crippen LogP) is 2.48. The molecule has 0 unspecified atom stereocenters. The Morgan fingerprint density at radius 3 is 2.45 bits per heavy atom. The summed E-state index contributed by atoms with van der Waals surface area (Å²) < 4.78 is 5.07. The molecule has 0 radical (unpaired) electrons. The SMILES string of the molecule is COCCCNC(=O)[C@@H]1CCCN(C2CCN(C3Cc4ccccc4C3)CC2)C1. The van der Waals surface area contributed by atoms with Crippen molar-refractivity contribution in [2.24, 2.45) is 5.92 Å². The molecule has 160 valence electrons. The van der Waals surface area contributed by atoms with Gasteiger partial charge in [-0.3, -0.25) is 14.6 Å². The van der Waals surface area contributed by atoms with Gasteiger partial charge in [-0.1, -0.05) is 24.3 Å². The highest BCUT2D eigenvalue weighted by Crippen LogP contribution is 2.29. The number of methoxy groups -OCH3 is 1. The van der Waals surface area contributed by atoms with E-state index in [1.807, 2.05) is 0 Å². The maximum atomic E-state index is 12.5. The highest BCUT2D eigenvalue weighted by molar-refractivity contribution is 5.78. The van der Waals surface area contributed by atoms with Crippen LogP contribution in [0.5, 0.6) is 0 Å². The molecule has 0 aromatic heterocycles. The molecule has 2 heterocycles. The van der Waals surface area contributed by atoms with Gasteiger partial charge in [-0.05, 0) is 75.7 Å². The molecule has 1 amide bonds. The van der Waals surface area contributed by atoms with Gasteiger partial charge in [-0.25, -0.2) is 0 Å². The predicted molar refractivity (Wildman–Crippen MR) is 116 cm³/mol. The summed E-state index contributed by atoms with van der Waals surface area (Å²) in [6.07, 6.45) is 8.00. The topological polar surface area (TPSA) is 44.8 Å². The molecule has 4 rings (SSSR count). The van der Waals surface area contributed by atoms with Gasteiger partial charge in [0.2, 0.25) is 5.91 Å². The number of amides is 1. The molecule has 0 bridgehead atoms. The van der Waals surface area contributed by atoms with Crippen LogP contribution < -0.4 is 5.32 Å². The van der Waals surface area contributed by atoms with E-state index in [4.69, 9.17) is 4.74 Å². The number of carbonyl (C=O) groups excluding carboxylic acids is 1. The third-order valence-corrected chi connectivity index (χ3v) is 7.21. The number of ether oxygens (including phenoxy) is 1. The van der Waals surface area contributed by atoms with E-state index >= 15 is 0 Å². The molecule has 2 saturated heterocycles. The Balaban J connectivity index is 1.22. The second-order valence-electron chi connectivity index (χ2n) is 9.07. The average Bonchev–Trinajstić information content (AvgIpc) is 3.21. The summed E-state index contributed by atoms with van der Waals surface area (Å²) in [5, 5.41) is 3.11. The van der Waals surface area contributed by atoms with Crippen molar-refractivity contribution in [1.29, 1.82) is 0 Å². The summed E-state index contributed by atoms with van der Waals surface area (Å²) in [4.78, 5) is 17.9. The minimum absolute atomic E-state index is 0.161. The molecule has 5 nitrogen and oxygen atoms in total. The summed E-state index contributed by atoms with van der Waals surface area (Å²) in [7, 11) is 1.71. The van der Waals surface area contributed by atoms with E-state index in [0.717, 1.165) is 38.9 Å². The Bertz CT molecular complexity index is 647. The standard InChI is InChI=1S/C24H37N3O2/c1-29-15-5-11-25-24(28)21-8-4-12-27(18-21)22-9-13-26(14-10-22)23-16-19-6-2-3-7-20(19)17-23/h2-3,6-7,21-23H,4-5,8-18H2,1H3,(H,25,28)/t21-/m1/s1. The molecular formula is C24H37N3O2. The van der Waals surface area contributed by atoms with E-state index in [-0.39, 0.29) is 11.8 Å². The van der Waals surface area contributed by atoms with Crippen molar-refractivity contribution in [1.82, 2.24) is 15.1 Å². The molecule has 0 spiro atoms. The van der Waals surface area contributed by atoms with Gasteiger partial charge in [0.25, 0.3) is 0 Å². The lowest BCUT2D eigenvalue weighted by Gasteiger charge is -2.43. The van der Waals surface area contributed by atoms with E-state index in [2.05, 4.69) is 39.4 Å². The maximum Gasteiger partial charge on any atom is 0.224 e. The molecule has 1 aromatic rings. The van der Waals surface area contributed by atoms with Crippen molar-refractivity contribution in [2.45, 2.75) is 57.0 Å². The van der Waals surface area contributed by atoms with Crippen LogP contribution in [-0.4, -0.2) is 74.2 Å².